The fraction of sp³-hybridized carbons (Fsp3) is 0.333. The second-order valence-corrected chi connectivity index (χ2v) is 16.2. The summed E-state index contributed by atoms with van der Waals surface area (Å²) in [5, 5.41) is 43.1. The summed E-state index contributed by atoms with van der Waals surface area (Å²) in [6, 6.07) is 9.95. The molecular weight excluding hydrogens is 817 g/mol. The molecule has 18 nitrogen and oxygen atoms in total. The van der Waals surface area contributed by atoms with E-state index in [9.17, 15) is 44.1 Å². The number of nitrogens with zero attached hydrogens (tertiary/aromatic N) is 3. The number of ketones is 3. The fourth-order valence-corrected chi connectivity index (χ4v) is 8.82. The molecule has 328 valence electrons. The number of hydrogen-bond acceptors (Lipinski definition) is 12. The van der Waals surface area contributed by atoms with Crippen molar-refractivity contribution in [2.45, 2.75) is 63.8 Å². The molecule has 6 N–H and O–H groups in total. The van der Waals surface area contributed by atoms with Crippen LogP contribution < -0.4 is 20.7 Å². The Kier molecular flexibility index (Phi) is 11.1. The lowest BCUT2D eigenvalue weighted by molar-refractivity contribution is -0.245. The van der Waals surface area contributed by atoms with E-state index in [4.69, 9.17) is 14.2 Å². The Morgan fingerprint density at radius 1 is 0.794 bits per heavy atom. The Morgan fingerprint density at radius 2 is 1.43 bits per heavy atom. The minimum atomic E-state index is -1.20. The molecule has 6 atom stereocenters. The number of ether oxygens (including phenoxy) is 3. The Hall–Kier alpha value is -7.02. The molecule has 0 saturated carbocycles. The lowest BCUT2D eigenvalue weighted by atomic mass is 9.74. The molecule has 2 aromatic carbocycles. The number of aryl methyl sites for hydroxylation is 3. The molecular formula is C45H46N6O12. The fourth-order valence-electron chi connectivity index (χ4n) is 8.82. The molecule has 0 spiro atoms. The number of Topliss-reactive ketones (excluding diaryl/α,β-unsaturated/α-hetero) is 1. The molecule has 1 aliphatic heterocycles. The van der Waals surface area contributed by atoms with Gasteiger partial charge in [0.1, 0.15) is 46.2 Å². The Balaban J connectivity index is 0.995. The maximum absolute atomic E-state index is 14.0. The van der Waals surface area contributed by atoms with Gasteiger partial charge in [-0.2, -0.15) is 0 Å². The van der Waals surface area contributed by atoms with Gasteiger partial charge in [-0.1, -0.05) is 12.1 Å². The van der Waals surface area contributed by atoms with Crippen LogP contribution >= 0.6 is 0 Å². The molecule has 4 heterocycles. The van der Waals surface area contributed by atoms with Crippen LogP contribution in [0, 0.1) is 5.92 Å². The van der Waals surface area contributed by atoms with Crippen LogP contribution in [0.3, 0.4) is 0 Å². The van der Waals surface area contributed by atoms with Crippen LogP contribution in [0.2, 0.25) is 0 Å². The van der Waals surface area contributed by atoms with Crippen LogP contribution in [-0.2, 0) is 41.8 Å². The molecule has 0 bridgehead atoms. The Bertz CT molecular complexity index is 2740. The molecule has 1 saturated heterocycles. The number of phenolic OH excluding ortho intramolecular Hbond substituents is 2. The molecule has 5 unspecified atom stereocenters. The van der Waals surface area contributed by atoms with E-state index < -0.39 is 77.0 Å². The van der Waals surface area contributed by atoms with Crippen molar-refractivity contribution >= 4 is 46.4 Å². The number of aromatic hydroxyl groups is 2. The normalized spacial score (nSPS) is 21.5. The van der Waals surface area contributed by atoms with Crippen molar-refractivity contribution in [2.24, 2.45) is 27.1 Å². The van der Waals surface area contributed by atoms with Gasteiger partial charge in [0.25, 0.3) is 17.7 Å². The predicted octanol–water partition coefficient (Wildman–Crippen LogP) is 3.91. The first-order valence-electron chi connectivity index (χ1n) is 20.2. The van der Waals surface area contributed by atoms with Crippen LogP contribution in [0.5, 0.6) is 17.2 Å². The van der Waals surface area contributed by atoms with Gasteiger partial charge >= 0.3 is 0 Å². The van der Waals surface area contributed by atoms with E-state index in [-0.39, 0.29) is 75.9 Å². The third-order valence-electron chi connectivity index (χ3n) is 12.1. The quantitative estimate of drug-likeness (QED) is 0.108. The van der Waals surface area contributed by atoms with Crippen molar-refractivity contribution in [3.05, 3.63) is 112 Å². The Morgan fingerprint density at radius 3 is 2.05 bits per heavy atom. The molecule has 63 heavy (non-hydrogen) atoms. The van der Waals surface area contributed by atoms with Gasteiger partial charge in [-0.05, 0) is 57.0 Å². The number of nitrogens with one attached hydrogen (secondary N) is 3. The van der Waals surface area contributed by atoms with E-state index in [0.717, 1.165) is 0 Å². The Labute approximate surface area is 360 Å². The van der Waals surface area contributed by atoms with Crippen LogP contribution in [0.4, 0.5) is 11.4 Å². The van der Waals surface area contributed by atoms with Crippen molar-refractivity contribution in [3.8, 4) is 17.2 Å². The number of amides is 3. The number of aliphatic hydroxyl groups excluding tert-OH is 1. The van der Waals surface area contributed by atoms with E-state index in [2.05, 4.69) is 16.0 Å². The smallest absolute Gasteiger partial charge is 0.272 e. The number of phenols is 2. The second kappa shape index (κ2) is 16.4. The number of hydrogen-bond donors (Lipinski definition) is 6. The van der Waals surface area contributed by atoms with Gasteiger partial charge in [0, 0.05) is 68.8 Å². The summed E-state index contributed by atoms with van der Waals surface area (Å²) in [5.74, 6) is -4.82. The van der Waals surface area contributed by atoms with Crippen molar-refractivity contribution in [3.63, 3.8) is 0 Å². The van der Waals surface area contributed by atoms with Gasteiger partial charge in [-0.25, -0.2) is 0 Å². The van der Waals surface area contributed by atoms with E-state index in [1.54, 1.807) is 67.9 Å². The molecule has 1 fully saturated rings. The first-order valence-corrected chi connectivity index (χ1v) is 20.2. The lowest BCUT2D eigenvalue weighted by Crippen LogP contribution is -2.55. The van der Waals surface area contributed by atoms with Gasteiger partial charge in [0.2, 0.25) is 5.78 Å². The third kappa shape index (κ3) is 7.55. The molecule has 0 radical (unpaired) electrons. The number of aromatic nitrogens is 3. The molecule has 5 aromatic rings. The summed E-state index contributed by atoms with van der Waals surface area (Å²) in [5.41, 5.74) is 0.765. The highest BCUT2D eigenvalue weighted by Crippen LogP contribution is 2.51. The highest BCUT2D eigenvalue weighted by molar-refractivity contribution is 6.31. The standard InChI is InChI=1S/C45H46N6O12/c1-20(52)22-13-26-35(42(57)37-36(40(26)55)39(54)25-9-7-11-31(61-6)34(25)41(37)56)32(14-22)63-33-17-27(38(53)21(2)62-33)48-45(60)30-16-24(19-51(30)5)47-44(59)29-15-23(18-50(29)4)46-43(58)28-10-8-12-49(28)3/h7-12,15-16,18-19,21-22,27,32-33,38,53,55,57H,13-14,17H2,1-6H3,(H,46,58)(H,47,59)(H,48,60)/t21?,22?,27?,32-,33?,38?/m0/s1. The lowest BCUT2D eigenvalue weighted by Gasteiger charge is -2.41. The molecule has 18 heteroatoms. The van der Waals surface area contributed by atoms with E-state index in [1.165, 1.54) is 48.9 Å². The number of methoxy groups -OCH3 is 1. The largest absolute Gasteiger partial charge is 0.507 e. The van der Waals surface area contributed by atoms with Crippen LogP contribution in [-0.4, -0.2) is 95.7 Å². The zero-order chi connectivity index (χ0) is 45.2. The number of aliphatic hydroxyl groups is 1. The molecule has 3 aromatic heterocycles. The summed E-state index contributed by atoms with van der Waals surface area (Å²) in [6.07, 6.45) is 0.418. The second-order valence-electron chi connectivity index (χ2n) is 16.2. The van der Waals surface area contributed by atoms with Crippen molar-refractivity contribution < 1.29 is 58.3 Å². The van der Waals surface area contributed by atoms with Crippen molar-refractivity contribution in [2.75, 3.05) is 17.7 Å². The SMILES string of the molecule is COc1cccc2c1C(=O)c1c(O)c3c(c(O)c1C2=O)CC(C(C)=O)C[C@@H]3OC1CC(NC(=O)c2cc(NC(=O)c3cc(NC(=O)c4cccn4C)cn3C)cn2C)C(O)C(C)O1. The average Bonchev–Trinajstić information content (AvgIpc) is 3.96. The summed E-state index contributed by atoms with van der Waals surface area (Å²) in [6.45, 7) is 2.96. The summed E-state index contributed by atoms with van der Waals surface area (Å²) in [4.78, 5) is 80.5. The van der Waals surface area contributed by atoms with Crippen LogP contribution in [0.15, 0.2) is 61.1 Å². The van der Waals surface area contributed by atoms with E-state index >= 15 is 0 Å². The molecule has 3 amide bonds. The topological polar surface area (TPSA) is 242 Å². The summed E-state index contributed by atoms with van der Waals surface area (Å²) < 4.78 is 22.6. The number of rotatable bonds is 10. The maximum atomic E-state index is 14.0. The summed E-state index contributed by atoms with van der Waals surface area (Å²) >= 11 is 0. The minimum Gasteiger partial charge on any atom is -0.507 e. The first kappa shape index (κ1) is 42.7. The van der Waals surface area contributed by atoms with Gasteiger partial charge in [-0.15, -0.1) is 0 Å². The zero-order valence-corrected chi connectivity index (χ0v) is 35.2. The van der Waals surface area contributed by atoms with E-state index in [0.29, 0.717) is 17.1 Å². The third-order valence-corrected chi connectivity index (χ3v) is 12.1. The summed E-state index contributed by atoms with van der Waals surface area (Å²) in [7, 11) is 6.35. The monoisotopic (exact) mass is 862 g/mol. The number of carbonyl (C=O) groups is 6. The zero-order valence-electron chi connectivity index (χ0n) is 35.2. The number of fused-ring (bicyclic) bond motifs is 3. The van der Waals surface area contributed by atoms with Gasteiger partial charge in [0.05, 0.1) is 53.4 Å². The number of carbonyl (C=O) groups excluding carboxylic acids is 6. The van der Waals surface area contributed by atoms with Crippen molar-refractivity contribution in [1.82, 2.24) is 19.0 Å². The van der Waals surface area contributed by atoms with Crippen LogP contribution in [0.25, 0.3) is 0 Å². The molecule has 8 rings (SSSR count). The molecule has 2 aliphatic carbocycles. The van der Waals surface area contributed by atoms with E-state index in [1.807, 2.05) is 0 Å². The maximum Gasteiger partial charge on any atom is 0.272 e. The highest BCUT2D eigenvalue weighted by Gasteiger charge is 2.45. The highest BCUT2D eigenvalue weighted by atomic mass is 16.7. The van der Waals surface area contributed by atoms with Gasteiger partial charge in [-0.3, -0.25) is 28.8 Å². The van der Waals surface area contributed by atoms with Crippen molar-refractivity contribution in [1.29, 1.82) is 0 Å². The predicted molar refractivity (Wildman–Crippen MR) is 224 cm³/mol. The van der Waals surface area contributed by atoms with Gasteiger partial charge < -0.3 is 59.2 Å². The molecule has 3 aliphatic rings. The minimum absolute atomic E-state index is 0.00546. The average molecular weight is 863 g/mol. The van der Waals surface area contributed by atoms with Gasteiger partial charge in [0.15, 0.2) is 12.1 Å². The number of anilines is 2. The van der Waals surface area contributed by atoms with Crippen LogP contribution in [0.1, 0.15) is 107 Å². The number of benzene rings is 2. The first-order chi connectivity index (χ1) is 30.0.